The number of aromatic nitrogens is 3. The van der Waals surface area contributed by atoms with Gasteiger partial charge in [-0.05, 0) is 62.3 Å². The first-order valence-corrected chi connectivity index (χ1v) is 10.6. The molecule has 0 fully saturated rings. The van der Waals surface area contributed by atoms with Crippen LogP contribution in [0.5, 0.6) is 0 Å². The van der Waals surface area contributed by atoms with Gasteiger partial charge in [0.25, 0.3) is 0 Å². The second kappa shape index (κ2) is 12.3. The van der Waals surface area contributed by atoms with Gasteiger partial charge >= 0.3 is 0 Å². The van der Waals surface area contributed by atoms with E-state index in [1.165, 1.54) is 17.7 Å². The molecule has 0 aliphatic carbocycles. The number of anilines is 1. The Hall–Kier alpha value is -3.64. The van der Waals surface area contributed by atoms with Gasteiger partial charge in [0.15, 0.2) is 0 Å². The van der Waals surface area contributed by atoms with Crippen molar-refractivity contribution in [2.75, 3.05) is 26.0 Å². The molecule has 0 spiro atoms. The molecule has 2 N–H and O–H groups in total. The number of pyridine rings is 1. The Balaban J connectivity index is 0.000000913. The molecule has 164 valence electrons. The summed E-state index contributed by atoms with van der Waals surface area (Å²) < 4.78 is 13.3. The molecule has 0 aliphatic heterocycles. The van der Waals surface area contributed by atoms with Crippen molar-refractivity contribution >= 4 is 5.95 Å². The van der Waals surface area contributed by atoms with Gasteiger partial charge in [-0.2, -0.15) is 0 Å². The molecule has 0 unspecified atom stereocenters. The smallest absolute Gasteiger partial charge is 0.223 e. The number of halogens is 1. The lowest BCUT2D eigenvalue weighted by Gasteiger charge is -2.12. The highest BCUT2D eigenvalue weighted by Gasteiger charge is 2.12. The first-order valence-electron chi connectivity index (χ1n) is 10.6. The van der Waals surface area contributed by atoms with Crippen LogP contribution in [0.4, 0.5) is 10.3 Å². The van der Waals surface area contributed by atoms with Gasteiger partial charge in [-0.25, -0.2) is 14.4 Å². The van der Waals surface area contributed by atoms with Gasteiger partial charge in [-0.1, -0.05) is 42.5 Å². The van der Waals surface area contributed by atoms with E-state index < -0.39 is 0 Å². The van der Waals surface area contributed by atoms with Crippen LogP contribution in [0.3, 0.4) is 0 Å². The van der Waals surface area contributed by atoms with Crippen LogP contribution in [0.1, 0.15) is 12.0 Å². The zero-order chi connectivity index (χ0) is 22.6. The Bertz CT molecular complexity index is 1070. The molecule has 2 aromatic heterocycles. The summed E-state index contributed by atoms with van der Waals surface area (Å²) in [5.74, 6) is 0.313. The van der Waals surface area contributed by atoms with Gasteiger partial charge in [0.05, 0.1) is 5.69 Å². The molecular formula is C26H28FN5. The minimum absolute atomic E-state index is 0.267. The van der Waals surface area contributed by atoms with E-state index in [0.717, 1.165) is 41.8 Å². The van der Waals surface area contributed by atoms with Crippen molar-refractivity contribution in [3.63, 3.8) is 0 Å². The monoisotopic (exact) mass is 429 g/mol. The zero-order valence-electron chi connectivity index (χ0n) is 18.4. The van der Waals surface area contributed by atoms with Crippen LogP contribution in [0.25, 0.3) is 22.4 Å². The molecule has 32 heavy (non-hydrogen) atoms. The van der Waals surface area contributed by atoms with Gasteiger partial charge < -0.3 is 10.6 Å². The largest absolute Gasteiger partial charge is 0.354 e. The van der Waals surface area contributed by atoms with E-state index in [-0.39, 0.29) is 5.82 Å². The van der Waals surface area contributed by atoms with Gasteiger partial charge in [0.2, 0.25) is 5.95 Å². The van der Waals surface area contributed by atoms with E-state index in [1.54, 1.807) is 30.7 Å². The average Bonchev–Trinajstić information content (AvgIpc) is 2.84. The third-order valence-electron chi connectivity index (χ3n) is 4.67. The van der Waals surface area contributed by atoms with E-state index in [1.807, 2.05) is 32.3 Å². The maximum absolute atomic E-state index is 13.3. The summed E-state index contributed by atoms with van der Waals surface area (Å²) in [4.78, 5) is 13.3. The number of hydrogen-bond acceptors (Lipinski definition) is 5. The summed E-state index contributed by atoms with van der Waals surface area (Å²) >= 11 is 0. The number of benzene rings is 2. The summed E-state index contributed by atoms with van der Waals surface area (Å²) in [6.07, 6.45) is 7.24. The summed E-state index contributed by atoms with van der Waals surface area (Å²) in [5, 5.41) is 6.07. The van der Waals surface area contributed by atoms with Crippen molar-refractivity contribution < 1.29 is 4.39 Å². The van der Waals surface area contributed by atoms with Crippen molar-refractivity contribution in [3.05, 3.63) is 96.7 Å². The molecule has 2 heterocycles. The van der Waals surface area contributed by atoms with E-state index >= 15 is 0 Å². The molecule has 0 bridgehead atoms. The maximum atomic E-state index is 13.3. The van der Waals surface area contributed by atoms with Crippen LogP contribution < -0.4 is 10.6 Å². The van der Waals surface area contributed by atoms with Crippen LogP contribution >= 0.6 is 0 Å². The van der Waals surface area contributed by atoms with Crippen molar-refractivity contribution in [3.8, 4) is 22.4 Å². The molecule has 5 nitrogen and oxygen atoms in total. The summed E-state index contributed by atoms with van der Waals surface area (Å²) in [7, 11) is 3.75. The lowest BCUT2D eigenvalue weighted by atomic mass is 10.0. The minimum Gasteiger partial charge on any atom is -0.354 e. The Morgan fingerprint density at radius 2 is 1.53 bits per heavy atom. The Kier molecular flexibility index (Phi) is 8.83. The van der Waals surface area contributed by atoms with Crippen LogP contribution in [0, 0.1) is 5.82 Å². The molecule has 0 radical (unpaired) electrons. The lowest BCUT2D eigenvalue weighted by Crippen LogP contribution is -2.07. The molecule has 0 aliphatic rings. The molecule has 4 aromatic rings. The van der Waals surface area contributed by atoms with Gasteiger partial charge in [-0.15, -0.1) is 0 Å². The zero-order valence-corrected chi connectivity index (χ0v) is 18.4. The second-order valence-corrected chi connectivity index (χ2v) is 7.21. The SMILES string of the molecule is CNC.Fc1ccc(-c2cnc(NCCCc3ccccc3)nc2-c2ccncc2)cc1. The Morgan fingerprint density at radius 1 is 0.844 bits per heavy atom. The molecule has 4 rings (SSSR count). The first kappa shape index (κ1) is 23.0. The van der Waals surface area contributed by atoms with E-state index in [0.29, 0.717) is 5.95 Å². The summed E-state index contributed by atoms with van der Waals surface area (Å²) in [6.45, 7) is 0.778. The molecule has 0 saturated heterocycles. The fraction of sp³-hybridized carbons (Fsp3) is 0.192. The van der Waals surface area contributed by atoms with Gasteiger partial charge in [-0.3, -0.25) is 4.98 Å². The summed E-state index contributed by atoms with van der Waals surface area (Å²) in [5.41, 5.74) is 4.77. The predicted molar refractivity (Wildman–Crippen MR) is 129 cm³/mol. The quantitative estimate of drug-likeness (QED) is 0.394. The highest BCUT2D eigenvalue weighted by Crippen LogP contribution is 2.30. The lowest BCUT2D eigenvalue weighted by molar-refractivity contribution is 0.628. The highest BCUT2D eigenvalue weighted by atomic mass is 19.1. The second-order valence-electron chi connectivity index (χ2n) is 7.21. The maximum Gasteiger partial charge on any atom is 0.223 e. The molecule has 0 saturated carbocycles. The van der Waals surface area contributed by atoms with Crippen LogP contribution in [0.2, 0.25) is 0 Å². The van der Waals surface area contributed by atoms with E-state index in [9.17, 15) is 4.39 Å². The van der Waals surface area contributed by atoms with Gasteiger partial charge in [0.1, 0.15) is 5.82 Å². The van der Waals surface area contributed by atoms with E-state index in [4.69, 9.17) is 4.98 Å². The fourth-order valence-electron chi connectivity index (χ4n) is 3.17. The number of nitrogens with zero attached hydrogens (tertiary/aromatic N) is 3. The minimum atomic E-state index is -0.267. The van der Waals surface area contributed by atoms with Crippen molar-refractivity contribution in [2.45, 2.75) is 12.8 Å². The van der Waals surface area contributed by atoms with Crippen molar-refractivity contribution in [1.29, 1.82) is 0 Å². The normalized spacial score (nSPS) is 10.2. The third-order valence-corrected chi connectivity index (χ3v) is 4.67. The first-order chi connectivity index (χ1) is 15.7. The van der Waals surface area contributed by atoms with Crippen molar-refractivity contribution in [1.82, 2.24) is 20.3 Å². The Morgan fingerprint density at radius 3 is 2.22 bits per heavy atom. The molecule has 0 atom stereocenters. The van der Waals surface area contributed by atoms with Gasteiger partial charge in [0, 0.05) is 36.3 Å². The highest BCUT2D eigenvalue weighted by molar-refractivity contribution is 5.80. The molecule has 6 heteroatoms. The van der Waals surface area contributed by atoms with E-state index in [2.05, 4.69) is 44.9 Å². The Labute approximate surface area is 188 Å². The third kappa shape index (κ3) is 6.68. The topological polar surface area (TPSA) is 62.7 Å². The molecular weight excluding hydrogens is 401 g/mol. The molecule has 2 aromatic carbocycles. The van der Waals surface area contributed by atoms with Crippen LogP contribution in [0.15, 0.2) is 85.3 Å². The number of aryl methyl sites for hydroxylation is 1. The summed E-state index contributed by atoms with van der Waals surface area (Å²) in [6, 6.07) is 20.6. The number of rotatable bonds is 7. The van der Waals surface area contributed by atoms with Crippen LogP contribution in [-0.4, -0.2) is 35.6 Å². The molecule has 0 amide bonds. The predicted octanol–water partition coefficient (Wildman–Crippen LogP) is 5.23. The standard InChI is InChI=1S/C24H21FN4.C2H7N/c25-21-10-8-19(9-11-21)22-17-28-24(29-23(22)20-12-15-26-16-13-20)27-14-4-7-18-5-2-1-3-6-18;1-3-2/h1-3,5-6,8-13,15-17H,4,7,14H2,(H,27,28,29);3H,1-2H3. The fourth-order valence-corrected chi connectivity index (χ4v) is 3.17. The number of nitrogens with one attached hydrogen (secondary N) is 2. The van der Waals surface area contributed by atoms with Crippen molar-refractivity contribution in [2.24, 2.45) is 0 Å². The number of hydrogen-bond donors (Lipinski definition) is 2. The van der Waals surface area contributed by atoms with Crippen LogP contribution in [-0.2, 0) is 6.42 Å². The average molecular weight is 430 g/mol.